The molecule has 0 aliphatic rings. The van der Waals surface area contributed by atoms with E-state index in [1.807, 2.05) is 13.1 Å². The molecule has 0 bridgehead atoms. The molecule has 1 atom stereocenters. The van der Waals surface area contributed by atoms with Crippen LogP contribution in [0.25, 0.3) is 11.3 Å². The molecule has 0 aliphatic heterocycles. The Bertz CT molecular complexity index is 1480. The molecule has 1 aromatic heterocycles. The van der Waals surface area contributed by atoms with Crippen LogP contribution in [0.3, 0.4) is 0 Å². The molecule has 43 heavy (non-hydrogen) atoms. The second-order valence-electron chi connectivity index (χ2n) is 9.37. The SMILES string of the molecule is CNCCOCCOCCOc1ccccc1NC(=O)c1nc(-c2ccc(C(=O)C(O)c3ccccc3)cc2)cnc1N. The van der Waals surface area contributed by atoms with Crippen molar-refractivity contribution in [2.45, 2.75) is 6.10 Å². The lowest BCUT2D eigenvalue weighted by molar-refractivity contribution is 0.0377. The number of rotatable bonds is 16. The molecule has 0 spiro atoms. The van der Waals surface area contributed by atoms with Gasteiger partial charge < -0.3 is 35.7 Å². The quantitative estimate of drug-likeness (QED) is 0.113. The number of ether oxygens (including phenoxy) is 3. The number of para-hydroxylation sites is 2. The lowest BCUT2D eigenvalue weighted by atomic mass is 9.99. The number of nitrogens with one attached hydrogen (secondary N) is 2. The minimum absolute atomic E-state index is 0.0391. The van der Waals surface area contributed by atoms with Crippen molar-refractivity contribution in [2.75, 3.05) is 57.7 Å². The van der Waals surface area contributed by atoms with Crippen LogP contribution in [0.5, 0.6) is 5.75 Å². The molecule has 5 N–H and O–H groups in total. The average molecular weight is 586 g/mol. The highest BCUT2D eigenvalue weighted by molar-refractivity contribution is 6.06. The number of amides is 1. The van der Waals surface area contributed by atoms with Gasteiger partial charge in [0.1, 0.15) is 18.5 Å². The minimum Gasteiger partial charge on any atom is -0.489 e. The maximum Gasteiger partial charge on any atom is 0.278 e. The Morgan fingerprint density at radius 2 is 1.56 bits per heavy atom. The lowest BCUT2D eigenvalue weighted by Crippen LogP contribution is -2.18. The number of hydrogen-bond donors (Lipinski definition) is 4. The van der Waals surface area contributed by atoms with Crippen LogP contribution in [0.2, 0.25) is 0 Å². The fourth-order valence-electron chi connectivity index (χ4n) is 4.04. The number of anilines is 2. The number of aliphatic hydroxyl groups is 1. The van der Waals surface area contributed by atoms with Crippen molar-refractivity contribution >= 4 is 23.2 Å². The van der Waals surface area contributed by atoms with Gasteiger partial charge in [-0.05, 0) is 24.7 Å². The van der Waals surface area contributed by atoms with E-state index < -0.39 is 17.8 Å². The van der Waals surface area contributed by atoms with Gasteiger partial charge in [-0.2, -0.15) is 0 Å². The fourth-order valence-corrected chi connectivity index (χ4v) is 4.04. The monoisotopic (exact) mass is 585 g/mol. The molecule has 4 rings (SSSR count). The maximum atomic E-state index is 13.2. The first-order valence-electron chi connectivity index (χ1n) is 13.8. The fraction of sp³-hybridized carbons (Fsp3) is 0.250. The molecule has 0 saturated heterocycles. The van der Waals surface area contributed by atoms with Crippen molar-refractivity contribution in [3.8, 4) is 17.0 Å². The van der Waals surface area contributed by atoms with Gasteiger partial charge in [-0.15, -0.1) is 0 Å². The largest absolute Gasteiger partial charge is 0.489 e. The highest BCUT2D eigenvalue weighted by atomic mass is 16.5. The third-order valence-corrected chi connectivity index (χ3v) is 6.33. The van der Waals surface area contributed by atoms with E-state index in [2.05, 4.69) is 20.6 Å². The van der Waals surface area contributed by atoms with Gasteiger partial charge in [-0.1, -0.05) is 66.7 Å². The molecule has 0 aliphatic carbocycles. The lowest BCUT2D eigenvalue weighted by Gasteiger charge is -2.13. The number of benzene rings is 3. The third-order valence-electron chi connectivity index (χ3n) is 6.33. The molecule has 0 fully saturated rings. The Morgan fingerprint density at radius 1 is 0.884 bits per heavy atom. The van der Waals surface area contributed by atoms with Crippen LogP contribution < -0.4 is 21.1 Å². The molecule has 1 heterocycles. The summed E-state index contributed by atoms with van der Waals surface area (Å²) in [5, 5.41) is 16.3. The Labute approximate surface area is 250 Å². The minimum atomic E-state index is -1.27. The van der Waals surface area contributed by atoms with Crippen molar-refractivity contribution in [1.82, 2.24) is 15.3 Å². The molecule has 0 radical (unpaired) electrons. The summed E-state index contributed by atoms with van der Waals surface area (Å²) in [6, 6.07) is 22.3. The predicted octanol–water partition coefficient (Wildman–Crippen LogP) is 3.53. The molecule has 11 nitrogen and oxygen atoms in total. The normalized spacial score (nSPS) is 11.6. The summed E-state index contributed by atoms with van der Waals surface area (Å²) in [6.45, 7) is 2.98. The Hall–Kier alpha value is -4.68. The van der Waals surface area contributed by atoms with Crippen molar-refractivity contribution in [3.63, 3.8) is 0 Å². The summed E-state index contributed by atoms with van der Waals surface area (Å²) in [6.07, 6.45) is 0.177. The van der Waals surface area contributed by atoms with Gasteiger partial charge in [0.05, 0.1) is 44.0 Å². The number of aliphatic hydroxyl groups excluding tert-OH is 1. The summed E-state index contributed by atoms with van der Waals surface area (Å²) in [5.74, 6) is -0.563. The molecule has 224 valence electrons. The summed E-state index contributed by atoms with van der Waals surface area (Å²) in [5.41, 5.74) is 8.24. The molecular weight excluding hydrogens is 550 g/mol. The van der Waals surface area contributed by atoms with Gasteiger partial charge in [0.25, 0.3) is 5.91 Å². The molecule has 0 saturated carbocycles. The van der Waals surface area contributed by atoms with Gasteiger partial charge in [0.15, 0.2) is 17.3 Å². The molecule has 1 amide bonds. The number of nitrogens with two attached hydrogens (primary N) is 1. The van der Waals surface area contributed by atoms with E-state index in [1.165, 1.54) is 6.20 Å². The first-order chi connectivity index (χ1) is 21.0. The van der Waals surface area contributed by atoms with Gasteiger partial charge in [0.2, 0.25) is 0 Å². The van der Waals surface area contributed by atoms with E-state index >= 15 is 0 Å². The Morgan fingerprint density at radius 3 is 2.30 bits per heavy atom. The van der Waals surface area contributed by atoms with Gasteiger partial charge >= 0.3 is 0 Å². The third kappa shape index (κ3) is 8.90. The summed E-state index contributed by atoms with van der Waals surface area (Å²) in [4.78, 5) is 34.5. The second kappa shape index (κ2) is 16.1. The Balaban J connectivity index is 1.37. The van der Waals surface area contributed by atoms with E-state index in [0.717, 1.165) is 6.54 Å². The van der Waals surface area contributed by atoms with E-state index in [4.69, 9.17) is 19.9 Å². The smallest absolute Gasteiger partial charge is 0.278 e. The molecule has 1 unspecified atom stereocenters. The van der Waals surface area contributed by atoms with E-state index in [1.54, 1.807) is 72.8 Å². The van der Waals surface area contributed by atoms with Crippen LogP contribution in [-0.2, 0) is 9.47 Å². The molecule has 11 heteroatoms. The van der Waals surface area contributed by atoms with Crippen molar-refractivity contribution < 1.29 is 28.9 Å². The number of nitrogens with zero attached hydrogens (tertiary/aromatic N) is 2. The molecule has 4 aromatic rings. The number of likely N-dealkylation sites (N-methyl/N-ethyl adjacent to an activating group) is 1. The molecule has 3 aromatic carbocycles. The van der Waals surface area contributed by atoms with E-state index in [-0.39, 0.29) is 18.1 Å². The predicted molar refractivity (Wildman–Crippen MR) is 163 cm³/mol. The van der Waals surface area contributed by atoms with Crippen LogP contribution in [0.4, 0.5) is 11.5 Å². The number of hydrogen-bond acceptors (Lipinski definition) is 10. The van der Waals surface area contributed by atoms with Gasteiger partial charge in [-0.3, -0.25) is 9.59 Å². The number of nitrogen functional groups attached to an aromatic ring is 1. The van der Waals surface area contributed by atoms with Gasteiger partial charge in [0, 0.05) is 17.7 Å². The average Bonchev–Trinajstić information content (AvgIpc) is 3.04. The van der Waals surface area contributed by atoms with Crippen LogP contribution >= 0.6 is 0 Å². The topological polar surface area (TPSA) is 158 Å². The number of carbonyl (C=O) groups excluding carboxylic acids is 2. The summed E-state index contributed by atoms with van der Waals surface area (Å²) in [7, 11) is 1.86. The first-order valence-corrected chi connectivity index (χ1v) is 13.8. The number of Topliss-reactive ketones (excluding diaryl/α,β-unsaturated/α-hetero) is 1. The zero-order valence-corrected chi connectivity index (χ0v) is 23.9. The highest BCUT2D eigenvalue weighted by Crippen LogP contribution is 2.26. The zero-order chi connectivity index (χ0) is 30.4. The Kier molecular flexibility index (Phi) is 11.7. The van der Waals surface area contributed by atoms with E-state index in [9.17, 15) is 14.7 Å². The molecular formula is C32H35N5O6. The van der Waals surface area contributed by atoms with Gasteiger partial charge in [-0.25, -0.2) is 9.97 Å². The van der Waals surface area contributed by atoms with Crippen LogP contribution in [-0.4, -0.2) is 73.4 Å². The van der Waals surface area contributed by atoms with Crippen molar-refractivity contribution in [2.24, 2.45) is 0 Å². The van der Waals surface area contributed by atoms with E-state index in [0.29, 0.717) is 60.2 Å². The number of ketones is 1. The second-order valence-corrected chi connectivity index (χ2v) is 9.37. The van der Waals surface area contributed by atoms with Crippen molar-refractivity contribution in [1.29, 1.82) is 0 Å². The number of aromatic nitrogens is 2. The maximum absolute atomic E-state index is 13.2. The van der Waals surface area contributed by atoms with Crippen LogP contribution in [0.15, 0.2) is 85.1 Å². The van der Waals surface area contributed by atoms with Crippen molar-refractivity contribution in [3.05, 3.63) is 102 Å². The zero-order valence-electron chi connectivity index (χ0n) is 23.9. The summed E-state index contributed by atoms with van der Waals surface area (Å²) < 4.78 is 16.7. The highest BCUT2D eigenvalue weighted by Gasteiger charge is 2.20. The summed E-state index contributed by atoms with van der Waals surface area (Å²) >= 11 is 0. The van der Waals surface area contributed by atoms with Crippen LogP contribution in [0.1, 0.15) is 32.5 Å². The standard InChI is InChI=1S/C32H35N5O6/c1-34-15-16-41-17-18-42-19-20-43-27-10-6-5-9-25(27)37-32(40)28-31(33)35-21-26(36-28)22-11-13-24(14-12-22)30(39)29(38)23-7-3-2-4-8-23/h2-14,21,29,34,38H,15-20H2,1H3,(H2,33,35)(H,37,40). The first kappa shape index (κ1) is 31.3. The number of carbonyl (C=O) groups is 2. The van der Waals surface area contributed by atoms with Crippen LogP contribution in [0, 0.1) is 0 Å².